The SMILES string of the molecule is CCCOc1ccc(F)cc1-c1cc(C(=O)NCc2cc(OC)cc(OC)c2)[nH]n1. The third-order valence-electron chi connectivity index (χ3n) is 4.37. The number of rotatable bonds is 9. The highest BCUT2D eigenvalue weighted by molar-refractivity contribution is 5.93. The third kappa shape index (κ3) is 5.08. The minimum absolute atomic E-state index is 0.255. The maximum Gasteiger partial charge on any atom is 0.269 e. The van der Waals surface area contributed by atoms with E-state index in [9.17, 15) is 9.18 Å². The number of ether oxygens (including phenoxy) is 3. The maximum absolute atomic E-state index is 13.8. The molecule has 8 heteroatoms. The first-order chi connectivity index (χ1) is 14.5. The van der Waals surface area contributed by atoms with E-state index in [1.165, 1.54) is 12.1 Å². The second kappa shape index (κ2) is 9.78. The number of aromatic amines is 1. The molecule has 158 valence electrons. The van der Waals surface area contributed by atoms with Crippen LogP contribution in [0.1, 0.15) is 29.4 Å². The molecule has 0 aliphatic carbocycles. The molecule has 0 aliphatic heterocycles. The third-order valence-corrected chi connectivity index (χ3v) is 4.37. The van der Waals surface area contributed by atoms with Crippen LogP contribution in [-0.4, -0.2) is 36.9 Å². The lowest BCUT2D eigenvalue weighted by Gasteiger charge is -2.09. The predicted octanol–water partition coefficient (Wildman–Crippen LogP) is 3.95. The second-order valence-electron chi connectivity index (χ2n) is 6.56. The summed E-state index contributed by atoms with van der Waals surface area (Å²) >= 11 is 0. The lowest BCUT2D eigenvalue weighted by Crippen LogP contribution is -2.23. The van der Waals surface area contributed by atoms with Crippen molar-refractivity contribution in [1.29, 1.82) is 0 Å². The van der Waals surface area contributed by atoms with Crippen LogP contribution in [0.15, 0.2) is 42.5 Å². The lowest BCUT2D eigenvalue weighted by molar-refractivity contribution is 0.0946. The largest absolute Gasteiger partial charge is 0.497 e. The Kier molecular flexibility index (Phi) is 6.90. The Morgan fingerprint density at radius 2 is 1.83 bits per heavy atom. The van der Waals surface area contributed by atoms with Gasteiger partial charge in [0.05, 0.1) is 26.5 Å². The highest BCUT2D eigenvalue weighted by Gasteiger charge is 2.15. The van der Waals surface area contributed by atoms with Gasteiger partial charge in [0.25, 0.3) is 5.91 Å². The average molecular weight is 413 g/mol. The first-order valence-corrected chi connectivity index (χ1v) is 9.52. The summed E-state index contributed by atoms with van der Waals surface area (Å²) in [6.07, 6.45) is 0.820. The number of H-pyrrole nitrogens is 1. The van der Waals surface area contributed by atoms with Crippen LogP contribution < -0.4 is 19.5 Å². The molecule has 2 aromatic carbocycles. The van der Waals surface area contributed by atoms with E-state index in [4.69, 9.17) is 14.2 Å². The fraction of sp³-hybridized carbons (Fsp3) is 0.273. The molecule has 1 heterocycles. The summed E-state index contributed by atoms with van der Waals surface area (Å²) in [5.41, 5.74) is 1.98. The number of nitrogens with zero attached hydrogens (tertiary/aromatic N) is 1. The fourth-order valence-corrected chi connectivity index (χ4v) is 2.86. The molecule has 0 spiro atoms. The minimum Gasteiger partial charge on any atom is -0.497 e. The number of amides is 1. The predicted molar refractivity (Wildman–Crippen MR) is 110 cm³/mol. The molecule has 2 N–H and O–H groups in total. The molecule has 0 bridgehead atoms. The topological polar surface area (TPSA) is 85.5 Å². The molecule has 7 nitrogen and oxygen atoms in total. The number of nitrogens with one attached hydrogen (secondary N) is 2. The van der Waals surface area contributed by atoms with Crippen LogP contribution in [0, 0.1) is 5.82 Å². The van der Waals surface area contributed by atoms with Gasteiger partial charge >= 0.3 is 0 Å². The van der Waals surface area contributed by atoms with Crippen molar-refractivity contribution in [2.75, 3.05) is 20.8 Å². The maximum atomic E-state index is 13.8. The summed E-state index contributed by atoms with van der Waals surface area (Å²) in [4.78, 5) is 12.5. The Morgan fingerprint density at radius 3 is 2.50 bits per heavy atom. The monoisotopic (exact) mass is 413 g/mol. The first kappa shape index (κ1) is 21.2. The number of benzene rings is 2. The first-order valence-electron chi connectivity index (χ1n) is 9.52. The van der Waals surface area contributed by atoms with Gasteiger partial charge in [0, 0.05) is 18.2 Å². The van der Waals surface area contributed by atoms with E-state index < -0.39 is 5.82 Å². The van der Waals surface area contributed by atoms with Crippen molar-refractivity contribution in [2.24, 2.45) is 0 Å². The molecule has 0 radical (unpaired) electrons. The van der Waals surface area contributed by atoms with Gasteiger partial charge in [0.1, 0.15) is 28.8 Å². The molecule has 1 amide bonds. The number of carbonyl (C=O) groups excluding carboxylic acids is 1. The zero-order chi connectivity index (χ0) is 21.5. The van der Waals surface area contributed by atoms with Crippen molar-refractivity contribution < 1.29 is 23.4 Å². The molecule has 3 aromatic rings. The standard InChI is InChI=1S/C22H24FN3O4/c1-4-7-30-21-6-5-15(23)10-18(21)19-12-20(26-25-19)22(27)24-13-14-8-16(28-2)11-17(9-14)29-3/h5-6,8-12H,4,7,13H2,1-3H3,(H,24,27)(H,25,26). The van der Waals surface area contributed by atoms with Crippen molar-refractivity contribution in [3.05, 3.63) is 59.5 Å². The quantitative estimate of drug-likeness (QED) is 0.555. The van der Waals surface area contributed by atoms with E-state index in [0.717, 1.165) is 12.0 Å². The van der Waals surface area contributed by atoms with Crippen LogP contribution in [0.3, 0.4) is 0 Å². The lowest BCUT2D eigenvalue weighted by atomic mass is 10.1. The van der Waals surface area contributed by atoms with Crippen molar-refractivity contribution in [2.45, 2.75) is 19.9 Å². The number of hydrogen-bond donors (Lipinski definition) is 2. The summed E-state index contributed by atoms with van der Waals surface area (Å²) in [6, 6.07) is 11.2. The zero-order valence-corrected chi connectivity index (χ0v) is 17.1. The molecule has 30 heavy (non-hydrogen) atoms. The number of aromatic nitrogens is 2. The van der Waals surface area contributed by atoms with Crippen LogP contribution in [-0.2, 0) is 6.54 Å². The van der Waals surface area contributed by atoms with Gasteiger partial charge in [-0.15, -0.1) is 0 Å². The molecule has 0 saturated carbocycles. The van der Waals surface area contributed by atoms with Crippen molar-refractivity contribution in [3.8, 4) is 28.5 Å². The van der Waals surface area contributed by atoms with E-state index in [1.807, 2.05) is 19.1 Å². The Balaban J connectivity index is 1.74. The van der Waals surface area contributed by atoms with E-state index in [1.54, 1.807) is 32.4 Å². The number of hydrogen-bond acceptors (Lipinski definition) is 5. The Morgan fingerprint density at radius 1 is 1.10 bits per heavy atom. The fourth-order valence-electron chi connectivity index (χ4n) is 2.86. The summed E-state index contributed by atoms with van der Waals surface area (Å²) < 4.78 is 29.9. The normalized spacial score (nSPS) is 10.5. The summed E-state index contributed by atoms with van der Waals surface area (Å²) in [5.74, 6) is 1.03. The minimum atomic E-state index is -0.408. The summed E-state index contributed by atoms with van der Waals surface area (Å²) in [5, 5.41) is 9.67. The van der Waals surface area contributed by atoms with Crippen LogP contribution >= 0.6 is 0 Å². The van der Waals surface area contributed by atoms with Crippen LogP contribution in [0.2, 0.25) is 0 Å². The summed E-state index contributed by atoms with van der Waals surface area (Å²) in [7, 11) is 3.13. The van der Waals surface area contributed by atoms with Crippen LogP contribution in [0.25, 0.3) is 11.3 Å². The highest BCUT2D eigenvalue weighted by atomic mass is 19.1. The number of methoxy groups -OCH3 is 2. The molecule has 0 atom stereocenters. The van der Waals surface area contributed by atoms with E-state index >= 15 is 0 Å². The Labute approximate surface area is 174 Å². The Hall–Kier alpha value is -3.55. The molecule has 1 aromatic heterocycles. The van der Waals surface area contributed by atoms with Gasteiger partial charge in [-0.1, -0.05) is 6.92 Å². The van der Waals surface area contributed by atoms with Crippen LogP contribution in [0.4, 0.5) is 4.39 Å². The van der Waals surface area contributed by atoms with Crippen LogP contribution in [0.5, 0.6) is 17.2 Å². The molecular weight excluding hydrogens is 389 g/mol. The number of carbonyl (C=O) groups is 1. The van der Waals surface area contributed by atoms with Crippen molar-refractivity contribution in [1.82, 2.24) is 15.5 Å². The highest BCUT2D eigenvalue weighted by Crippen LogP contribution is 2.30. The summed E-state index contributed by atoms with van der Waals surface area (Å²) in [6.45, 7) is 2.75. The number of halogens is 1. The van der Waals surface area contributed by atoms with Gasteiger partial charge < -0.3 is 19.5 Å². The smallest absolute Gasteiger partial charge is 0.269 e. The van der Waals surface area contributed by atoms with E-state index in [0.29, 0.717) is 35.1 Å². The van der Waals surface area contributed by atoms with Gasteiger partial charge in [-0.3, -0.25) is 9.89 Å². The van der Waals surface area contributed by atoms with Gasteiger partial charge in [0.15, 0.2) is 0 Å². The molecule has 0 saturated heterocycles. The average Bonchev–Trinajstić information content (AvgIpc) is 3.26. The second-order valence-corrected chi connectivity index (χ2v) is 6.56. The van der Waals surface area contributed by atoms with Gasteiger partial charge in [-0.2, -0.15) is 5.10 Å². The zero-order valence-electron chi connectivity index (χ0n) is 17.1. The Bertz CT molecular complexity index is 997. The molecule has 0 aliphatic rings. The van der Waals surface area contributed by atoms with Gasteiger partial charge in [0.2, 0.25) is 0 Å². The van der Waals surface area contributed by atoms with Gasteiger partial charge in [-0.25, -0.2) is 4.39 Å². The molecule has 3 rings (SSSR count). The van der Waals surface area contributed by atoms with Crippen molar-refractivity contribution in [3.63, 3.8) is 0 Å². The van der Waals surface area contributed by atoms with Crippen molar-refractivity contribution >= 4 is 5.91 Å². The molecular formula is C22H24FN3O4. The van der Waals surface area contributed by atoms with Gasteiger partial charge in [-0.05, 0) is 48.4 Å². The molecule has 0 fully saturated rings. The van der Waals surface area contributed by atoms with E-state index in [-0.39, 0.29) is 18.1 Å². The molecule has 0 unspecified atom stereocenters. The van der Waals surface area contributed by atoms with E-state index in [2.05, 4.69) is 15.5 Å².